The molecule has 0 saturated carbocycles. The average Bonchev–Trinajstić information content (AvgIpc) is 3.45. The fourth-order valence-electron chi connectivity index (χ4n) is 4.42. The number of methoxy groups -OCH3 is 1. The first-order valence-corrected chi connectivity index (χ1v) is 10.7. The standard InChI is InChI=1S/C24H24ClN3O2/c1-30-23-15-20(8-9-21(23)26-10-2-3-11-26)28-13-12-27-16-18(14-22(27)24(28)29)17-4-6-19(25)7-5-17/h4-9,14-16H,2-3,10-13H2,1H3. The van der Waals surface area contributed by atoms with Crippen molar-refractivity contribution in [1.82, 2.24) is 4.57 Å². The normalized spacial score (nSPS) is 16.1. The molecule has 2 aromatic carbocycles. The zero-order valence-corrected chi connectivity index (χ0v) is 17.7. The summed E-state index contributed by atoms with van der Waals surface area (Å²) in [5.74, 6) is 0.836. The Morgan fingerprint density at radius 1 is 0.900 bits per heavy atom. The molecule has 1 aromatic heterocycles. The second-order valence-corrected chi connectivity index (χ2v) is 8.26. The summed E-state index contributed by atoms with van der Waals surface area (Å²) < 4.78 is 7.71. The molecule has 2 aliphatic rings. The molecule has 154 valence electrons. The highest BCUT2D eigenvalue weighted by molar-refractivity contribution is 6.30. The van der Waals surface area contributed by atoms with E-state index in [0.29, 0.717) is 17.3 Å². The highest BCUT2D eigenvalue weighted by atomic mass is 35.5. The van der Waals surface area contributed by atoms with E-state index in [2.05, 4.69) is 11.0 Å². The van der Waals surface area contributed by atoms with E-state index >= 15 is 0 Å². The number of nitrogens with zero attached hydrogens (tertiary/aromatic N) is 3. The third kappa shape index (κ3) is 3.33. The van der Waals surface area contributed by atoms with Crippen molar-refractivity contribution in [2.75, 3.05) is 36.5 Å². The Hall–Kier alpha value is -2.92. The van der Waals surface area contributed by atoms with E-state index in [4.69, 9.17) is 16.3 Å². The summed E-state index contributed by atoms with van der Waals surface area (Å²) in [6.07, 6.45) is 4.47. The zero-order valence-electron chi connectivity index (χ0n) is 17.0. The number of hydrogen-bond donors (Lipinski definition) is 0. The largest absolute Gasteiger partial charge is 0.495 e. The van der Waals surface area contributed by atoms with E-state index in [0.717, 1.165) is 47.9 Å². The molecule has 0 atom stereocenters. The van der Waals surface area contributed by atoms with Crippen LogP contribution in [0.1, 0.15) is 23.3 Å². The van der Waals surface area contributed by atoms with Crippen LogP contribution < -0.4 is 14.5 Å². The van der Waals surface area contributed by atoms with Gasteiger partial charge in [-0.2, -0.15) is 0 Å². The van der Waals surface area contributed by atoms with Gasteiger partial charge in [0.05, 0.1) is 12.8 Å². The second-order valence-electron chi connectivity index (χ2n) is 7.82. The minimum atomic E-state index is 0.0115. The Kier molecular flexibility index (Phi) is 4.91. The lowest BCUT2D eigenvalue weighted by Gasteiger charge is -2.29. The fourth-order valence-corrected chi connectivity index (χ4v) is 4.55. The first kappa shape index (κ1) is 19.1. The van der Waals surface area contributed by atoms with Crippen molar-refractivity contribution in [3.63, 3.8) is 0 Å². The van der Waals surface area contributed by atoms with Crippen molar-refractivity contribution < 1.29 is 9.53 Å². The molecule has 1 amide bonds. The van der Waals surface area contributed by atoms with Gasteiger partial charge < -0.3 is 19.1 Å². The van der Waals surface area contributed by atoms with Gasteiger partial charge in [-0.15, -0.1) is 0 Å². The van der Waals surface area contributed by atoms with E-state index in [1.807, 2.05) is 58.1 Å². The van der Waals surface area contributed by atoms with Gasteiger partial charge in [0.25, 0.3) is 5.91 Å². The van der Waals surface area contributed by atoms with Gasteiger partial charge in [0.2, 0.25) is 0 Å². The molecule has 5 rings (SSSR count). The van der Waals surface area contributed by atoms with Crippen molar-refractivity contribution >= 4 is 28.9 Å². The molecule has 30 heavy (non-hydrogen) atoms. The Labute approximate surface area is 181 Å². The van der Waals surface area contributed by atoms with Crippen LogP contribution in [0.15, 0.2) is 54.7 Å². The highest BCUT2D eigenvalue weighted by Crippen LogP contribution is 2.36. The van der Waals surface area contributed by atoms with E-state index in [1.54, 1.807) is 7.11 Å². The molecule has 1 fully saturated rings. The minimum Gasteiger partial charge on any atom is -0.495 e. The van der Waals surface area contributed by atoms with Gasteiger partial charge in [-0.1, -0.05) is 23.7 Å². The van der Waals surface area contributed by atoms with Crippen molar-refractivity contribution in [3.05, 3.63) is 65.4 Å². The maximum absolute atomic E-state index is 13.3. The van der Waals surface area contributed by atoms with Crippen molar-refractivity contribution in [2.24, 2.45) is 0 Å². The SMILES string of the molecule is COc1cc(N2CCn3cc(-c4ccc(Cl)cc4)cc3C2=O)ccc1N1CCCC1. The molecule has 3 heterocycles. The van der Waals surface area contributed by atoms with E-state index < -0.39 is 0 Å². The van der Waals surface area contributed by atoms with Crippen molar-refractivity contribution in [2.45, 2.75) is 19.4 Å². The molecule has 6 heteroatoms. The Balaban J connectivity index is 1.44. The molecule has 0 spiro atoms. The highest BCUT2D eigenvalue weighted by Gasteiger charge is 2.28. The molecular formula is C24H24ClN3O2. The van der Waals surface area contributed by atoms with Gasteiger partial charge in [-0.05, 0) is 48.7 Å². The maximum atomic E-state index is 13.3. The molecule has 3 aromatic rings. The van der Waals surface area contributed by atoms with E-state index in [-0.39, 0.29) is 5.91 Å². The third-order valence-electron chi connectivity index (χ3n) is 6.02. The van der Waals surface area contributed by atoms with E-state index in [9.17, 15) is 4.79 Å². The predicted octanol–water partition coefficient (Wildman–Crippen LogP) is 5.08. The second kappa shape index (κ2) is 7.73. The van der Waals surface area contributed by atoms with Crippen LogP contribution in [0.3, 0.4) is 0 Å². The van der Waals surface area contributed by atoms with Gasteiger partial charge in [-0.25, -0.2) is 0 Å². The van der Waals surface area contributed by atoms with Crippen LogP contribution in [0.25, 0.3) is 11.1 Å². The summed E-state index contributed by atoms with van der Waals surface area (Å²) >= 11 is 6.01. The fraction of sp³-hybridized carbons (Fsp3) is 0.292. The molecule has 1 saturated heterocycles. The number of amides is 1. The third-order valence-corrected chi connectivity index (χ3v) is 6.28. The molecule has 5 nitrogen and oxygen atoms in total. The number of fused-ring (bicyclic) bond motifs is 1. The predicted molar refractivity (Wildman–Crippen MR) is 121 cm³/mol. The van der Waals surface area contributed by atoms with Gasteiger partial charge >= 0.3 is 0 Å². The van der Waals surface area contributed by atoms with Crippen molar-refractivity contribution in [1.29, 1.82) is 0 Å². The first-order valence-electron chi connectivity index (χ1n) is 10.3. The number of carbonyl (C=O) groups is 1. The zero-order chi connectivity index (χ0) is 20.7. The van der Waals surface area contributed by atoms with Crippen LogP contribution in [0.4, 0.5) is 11.4 Å². The lowest BCUT2D eigenvalue weighted by molar-refractivity contribution is 0.0965. The van der Waals surface area contributed by atoms with Gasteiger partial charge in [-0.3, -0.25) is 4.79 Å². The number of anilines is 2. The van der Waals surface area contributed by atoms with Crippen LogP contribution in [0.5, 0.6) is 5.75 Å². The smallest absolute Gasteiger partial charge is 0.274 e. The number of ether oxygens (including phenoxy) is 1. The first-order chi connectivity index (χ1) is 14.6. The quantitative estimate of drug-likeness (QED) is 0.589. The van der Waals surface area contributed by atoms with Crippen LogP contribution >= 0.6 is 11.6 Å². The minimum absolute atomic E-state index is 0.0115. The van der Waals surface area contributed by atoms with Crippen LogP contribution in [-0.2, 0) is 6.54 Å². The van der Waals surface area contributed by atoms with Crippen LogP contribution in [0, 0.1) is 0 Å². The van der Waals surface area contributed by atoms with Crippen LogP contribution in [0.2, 0.25) is 5.02 Å². The van der Waals surface area contributed by atoms with Gasteiger partial charge in [0.1, 0.15) is 11.4 Å². The van der Waals surface area contributed by atoms with Crippen molar-refractivity contribution in [3.8, 4) is 16.9 Å². The summed E-state index contributed by atoms with van der Waals surface area (Å²) in [5.41, 5.74) is 4.77. The number of rotatable bonds is 4. The molecule has 0 bridgehead atoms. The van der Waals surface area contributed by atoms with Gasteiger partial charge in [0, 0.05) is 54.7 Å². The molecular weight excluding hydrogens is 398 g/mol. The number of halogens is 1. The lowest BCUT2D eigenvalue weighted by atomic mass is 10.1. The monoisotopic (exact) mass is 421 g/mol. The van der Waals surface area contributed by atoms with Crippen LogP contribution in [-0.4, -0.2) is 37.2 Å². The maximum Gasteiger partial charge on any atom is 0.274 e. The summed E-state index contributed by atoms with van der Waals surface area (Å²) in [7, 11) is 1.69. The molecule has 0 unspecified atom stereocenters. The summed E-state index contributed by atoms with van der Waals surface area (Å²) in [6.45, 7) is 3.50. The number of benzene rings is 2. The topological polar surface area (TPSA) is 37.7 Å². The Morgan fingerprint density at radius 2 is 1.67 bits per heavy atom. The lowest BCUT2D eigenvalue weighted by Crippen LogP contribution is -2.39. The summed E-state index contributed by atoms with van der Waals surface area (Å²) in [6, 6.07) is 15.8. The average molecular weight is 422 g/mol. The number of carbonyl (C=O) groups excluding carboxylic acids is 1. The number of hydrogen-bond acceptors (Lipinski definition) is 3. The molecule has 0 radical (unpaired) electrons. The van der Waals surface area contributed by atoms with Gasteiger partial charge in [0.15, 0.2) is 0 Å². The molecule has 2 aliphatic heterocycles. The molecule has 0 N–H and O–H groups in total. The Morgan fingerprint density at radius 3 is 2.40 bits per heavy atom. The summed E-state index contributed by atoms with van der Waals surface area (Å²) in [5, 5.41) is 0.705. The summed E-state index contributed by atoms with van der Waals surface area (Å²) in [4.78, 5) is 17.5. The van der Waals surface area contributed by atoms with E-state index in [1.165, 1.54) is 12.8 Å². The molecule has 0 aliphatic carbocycles. The Bertz CT molecular complexity index is 1080. The number of aromatic nitrogens is 1.